The van der Waals surface area contributed by atoms with Crippen LogP contribution in [0.2, 0.25) is 0 Å². The molecule has 26 heavy (non-hydrogen) atoms. The SMILES string of the molecule is NC(=O)[C@@H]1Cc2ccccc2CN1C(=O)c1cccc(-n2cccc2)c1. The Labute approximate surface area is 151 Å². The van der Waals surface area contributed by atoms with Crippen molar-refractivity contribution in [1.82, 2.24) is 9.47 Å². The summed E-state index contributed by atoms with van der Waals surface area (Å²) in [5, 5.41) is 0. The van der Waals surface area contributed by atoms with Gasteiger partial charge in [0.15, 0.2) is 0 Å². The van der Waals surface area contributed by atoms with Crippen molar-refractivity contribution < 1.29 is 9.59 Å². The van der Waals surface area contributed by atoms with Crippen molar-refractivity contribution in [2.75, 3.05) is 0 Å². The van der Waals surface area contributed by atoms with Gasteiger partial charge in [0.2, 0.25) is 5.91 Å². The molecule has 0 fully saturated rings. The van der Waals surface area contributed by atoms with Crippen LogP contribution in [0.3, 0.4) is 0 Å². The number of fused-ring (bicyclic) bond motifs is 1. The van der Waals surface area contributed by atoms with Crippen molar-refractivity contribution in [2.45, 2.75) is 19.0 Å². The molecule has 2 aromatic carbocycles. The second-order valence-corrected chi connectivity index (χ2v) is 6.46. The van der Waals surface area contributed by atoms with Gasteiger partial charge in [-0.2, -0.15) is 0 Å². The van der Waals surface area contributed by atoms with Crippen molar-refractivity contribution in [3.05, 3.63) is 89.7 Å². The molecule has 0 bridgehead atoms. The van der Waals surface area contributed by atoms with Crippen LogP contribution in [0.25, 0.3) is 5.69 Å². The fraction of sp³-hybridized carbons (Fsp3) is 0.143. The van der Waals surface area contributed by atoms with E-state index in [1.54, 1.807) is 11.0 Å². The fourth-order valence-electron chi connectivity index (χ4n) is 3.46. The summed E-state index contributed by atoms with van der Waals surface area (Å²) in [5.41, 5.74) is 9.17. The topological polar surface area (TPSA) is 68.3 Å². The highest BCUT2D eigenvalue weighted by molar-refractivity contribution is 5.98. The molecule has 2 heterocycles. The monoisotopic (exact) mass is 345 g/mol. The van der Waals surface area contributed by atoms with Crippen molar-refractivity contribution in [2.24, 2.45) is 5.73 Å². The molecule has 0 spiro atoms. The smallest absolute Gasteiger partial charge is 0.254 e. The molecule has 0 aliphatic carbocycles. The summed E-state index contributed by atoms with van der Waals surface area (Å²) >= 11 is 0. The minimum atomic E-state index is -0.632. The van der Waals surface area contributed by atoms with Gasteiger partial charge in [0, 0.05) is 36.6 Å². The number of hydrogen-bond donors (Lipinski definition) is 1. The Balaban J connectivity index is 1.68. The van der Waals surface area contributed by atoms with Crippen LogP contribution in [0.4, 0.5) is 0 Å². The van der Waals surface area contributed by atoms with Crippen LogP contribution in [-0.4, -0.2) is 27.3 Å². The van der Waals surface area contributed by atoms with Gasteiger partial charge in [0.25, 0.3) is 5.91 Å². The van der Waals surface area contributed by atoms with Crippen molar-refractivity contribution in [3.8, 4) is 5.69 Å². The van der Waals surface area contributed by atoms with E-state index in [2.05, 4.69) is 0 Å². The van der Waals surface area contributed by atoms with E-state index < -0.39 is 11.9 Å². The lowest BCUT2D eigenvalue weighted by atomic mass is 9.93. The van der Waals surface area contributed by atoms with E-state index in [1.807, 2.05) is 71.6 Å². The largest absolute Gasteiger partial charge is 0.368 e. The molecule has 130 valence electrons. The third-order valence-electron chi connectivity index (χ3n) is 4.83. The molecule has 4 rings (SSSR count). The average molecular weight is 345 g/mol. The van der Waals surface area contributed by atoms with Crippen LogP contribution < -0.4 is 5.73 Å². The van der Waals surface area contributed by atoms with Crippen LogP contribution in [0.15, 0.2) is 73.1 Å². The summed E-state index contributed by atoms with van der Waals surface area (Å²) in [6.45, 7) is 0.385. The van der Waals surface area contributed by atoms with Crippen molar-refractivity contribution >= 4 is 11.8 Å². The maximum atomic E-state index is 13.2. The first kappa shape index (κ1) is 16.1. The predicted molar refractivity (Wildman–Crippen MR) is 98.8 cm³/mol. The summed E-state index contributed by atoms with van der Waals surface area (Å²) in [7, 11) is 0. The molecule has 1 atom stereocenters. The van der Waals surface area contributed by atoms with E-state index in [4.69, 9.17) is 5.73 Å². The number of primary amides is 1. The molecular weight excluding hydrogens is 326 g/mol. The lowest BCUT2D eigenvalue weighted by Crippen LogP contribution is -2.51. The molecule has 2 N–H and O–H groups in total. The molecule has 3 aromatic rings. The summed E-state index contributed by atoms with van der Waals surface area (Å²) < 4.78 is 1.94. The van der Waals surface area contributed by atoms with E-state index in [-0.39, 0.29) is 5.91 Å². The fourth-order valence-corrected chi connectivity index (χ4v) is 3.46. The molecule has 0 saturated heterocycles. The molecule has 1 aromatic heterocycles. The number of carbonyl (C=O) groups excluding carboxylic acids is 2. The van der Waals surface area contributed by atoms with Gasteiger partial charge in [0.1, 0.15) is 6.04 Å². The van der Waals surface area contributed by atoms with Crippen LogP contribution in [0.5, 0.6) is 0 Å². The summed E-state index contributed by atoms with van der Waals surface area (Å²) in [6, 6.07) is 18.5. The van der Waals surface area contributed by atoms with Crippen molar-refractivity contribution in [1.29, 1.82) is 0 Å². The molecule has 5 heteroatoms. The Hall–Kier alpha value is -3.34. The van der Waals surface area contributed by atoms with Gasteiger partial charge in [0.05, 0.1) is 0 Å². The summed E-state index contributed by atoms with van der Waals surface area (Å²) in [4.78, 5) is 26.7. The van der Waals surface area contributed by atoms with Gasteiger partial charge >= 0.3 is 0 Å². The molecular formula is C21H19N3O2. The zero-order valence-corrected chi connectivity index (χ0v) is 14.2. The zero-order chi connectivity index (χ0) is 18.1. The highest BCUT2D eigenvalue weighted by Crippen LogP contribution is 2.25. The number of hydrogen-bond acceptors (Lipinski definition) is 2. The minimum Gasteiger partial charge on any atom is -0.368 e. The maximum Gasteiger partial charge on any atom is 0.254 e. The van der Waals surface area contributed by atoms with Crippen LogP contribution >= 0.6 is 0 Å². The van der Waals surface area contributed by atoms with Gasteiger partial charge in [-0.05, 0) is 41.5 Å². The standard InChI is InChI=1S/C21H19N3O2/c22-20(25)19-13-15-6-1-2-7-17(15)14-24(19)21(26)16-8-5-9-18(12-16)23-10-3-4-11-23/h1-12,19H,13-14H2,(H2,22,25)/t19-/m0/s1. The van der Waals surface area contributed by atoms with Gasteiger partial charge in [-0.1, -0.05) is 30.3 Å². The van der Waals surface area contributed by atoms with E-state index in [0.29, 0.717) is 18.5 Å². The molecule has 2 amide bonds. The van der Waals surface area contributed by atoms with Crippen LogP contribution in [0, 0.1) is 0 Å². The molecule has 5 nitrogen and oxygen atoms in total. The lowest BCUT2D eigenvalue weighted by Gasteiger charge is -2.35. The zero-order valence-electron chi connectivity index (χ0n) is 14.2. The van der Waals surface area contributed by atoms with Gasteiger partial charge in [-0.25, -0.2) is 0 Å². The average Bonchev–Trinajstić information content (AvgIpc) is 3.21. The number of carbonyl (C=O) groups is 2. The molecule has 1 aliphatic rings. The second-order valence-electron chi connectivity index (χ2n) is 6.46. The highest BCUT2D eigenvalue weighted by atomic mass is 16.2. The first-order valence-corrected chi connectivity index (χ1v) is 8.54. The van der Waals surface area contributed by atoms with E-state index in [1.165, 1.54) is 0 Å². The third-order valence-corrected chi connectivity index (χ3v) is 4.83. The Bertz CT molecular complexity index is 963. The minimum absolute atomic E-state index is 0.183. The second kappa shape index (κ2) is 6.52. The Kier molecular flexibility index (Phi) is 4.05. The number of aromatic nitrogens is 1. The quantitative estimate of drug-likeness (QED) is 0.792. The molecule has 0 radical (unpaired) electrons. The predicted octanol–water partition coefficient (Wildman–Crippen LogP) is 2.53. The maximum absolute atomic E-state index is 13.2. The van der Waals surface area contributed by atoms with Gasteiger partial charge < -0.3 is 15.2 Å². The first-order chi connectivity index (χ1) is 12.6. The van der Waals surface area contributed by atoms with Crippen LogP contribution in [0.1, 0.15) is 21.5 Å². The molecule has 0 unspecified atom stereocenters. The molecule has 0 saturated carbocycles. The number of amides is 2. The van der Waals surface area contributed by atoms with E-state index >= 15 is 0 Å². The molecule has 1 aliphatic heterocycles. The van der Waals surface area contributed by atoms with E-state index in [9.17, 15) is 9.59 Å². The number of nitrogens with zero attached hydrogens (tertiary/aromatic N) is 2. The lowest BCUT2D eigenvalue weighted by molar-refractivity contribution is -0.122. The van der Waals surface area contributed by atoms with Crippen LogP contribution in [-0.2, 0) is 17.8 Å². The van der Waals surface area contributed by atoms with Crippen molar-refractivity contribution in [3.63, 3.8) is 0 Å². The highest BCUT2D eigenvalue weighted by Gasteiger charge is 2.33. The number of nitrogens with two attached hydrogens (primary N) is 1. The van der Waals surface area contributed by atoms with Gasteiger partial charge in [-0.3, -0.25) is 9.59 Å². The van der Waals surface area contributed by atoms with Gasteiger partial charge in [-0.15, -0.1) is 0 Å². The van der Waals surface area contributed by atoms with E-state index in [0.717, 1.165) is 16.8 Å². The normalized spacial score (nSPS) is 16.2. The third kappa shape index (κ3) is 2.88. The first-order valence-electron chi connectivity index (χ1n) is 8.54. The summed E-state index contributed by atoms with van der Waals surface area (Å²) in [5.74, 6) is -0.660. The Morgan fingerprint density at radius 3 is 2.38 bits per heavy atom. The Morgan fingerprint density at radius 2 is 1.65 bits per heavy atom. The Morgan fingerprint density at radius 1 is 0.923 bits per heavy atom. The number of rotatable bonds is 3. The number of benzene rings is 2. The summed E-state index contributed by atoms with van der Waals surface area (Å²) in [6.07, 6.45) is 4.30.